The first kappa shape index (κ1) is 8.64. The Hall–Kier alpha value is -1.45. The highest BCUT2D eigenvalue weighted by Gasteiger charge is 2.00. The van der Waals surface area contributed by atoms with E-state index in [1.165, 1.54) is 10.8 Å². The Morgan fingerprint density at radius 2 is 2.25 bits per heavy atom. The van der Waals surface area contributed by atoms with Crippen LogP contribution in [-0.2, 0) is 0 Å². The molecule has 0 unspecified atom stereocenters. The zero-order valence-corrected chi connectivity index (χ0v) is 7.20. The van der Waals surface area contributed by atoms with E-state index in [2.05, 4.69) is 4.98 Å². The first-order valence-corrected chi connectivity index (χ1v) is 3.78. The van der Waals surface area contributed by atoms with Gasteiger partial charge < -0.3 is 0 Å². The van der Waals surface area contributed by atoms with Gasteiger partial charge in [0.05, 0.1) is 18.2 Å². The SMILES string of the molecule is CC(C)c1cn(C=N)c(=N)cn1. The van der Waals surface area contributed by atoms with E-state index in [1.807, 2.05) is 13.8 Å². The molecule has 0 aliphatic rings. The number of aromatic nitrogens is 2. The van der Waals surface area contributed by atoms with Crippen molar-refractivity contribution in [2.24, 2.45) is 0 Å². The van der Waals surface area contributed by atoms with Crippen LogP contribution in [0.2, 0.25) is 0 Å². The lowest BCUT2D eigenvalue weighted by molar-refractivity contribution is 0.786. The molecule has 1 aromatic rings. The summed E-state index contributed by atoms with van der Waals surface area (Å²) in [6.07, 6.45) is 4.27. The minimum atomic E-state index is 0.231. The molecule has 4 nitrogen and oxygen atoms in total. The first-order valence-electron chi connectivity index (χ1n) is 3.78. The number of nitrogens with zero attached hydrogens (tertiary/aromatic N) is 2. The first-order chi connectivity index (χ1) is 5.65. The molecule has 0 fully saturated rings. The third kappa shape index (κ3) is 1.58. The fourth-order valence-corrected chi connectivity index (χ4v) is 0.853. The highest BCUT2D eigenvalue weighted by Crippen LogP contribution is 2.07. The Morgan fingerprint density at radius 1 is 1.58 bits per heavy atom. The standard InChI is InChI=1S/C8H12N4/c1-6(2)7-4-12(5-9)8(10)3-11-7/h3-6,9-10H,1-2H3. The molecule has 64 valence electrons. The molecule has 1 heterocycles. The van der Waals surface area contributed by atoms with Crippen molar-refractivity contribution in [2.45, 2.75) is 19.8 Å². The Bertz CT molecular complexity index is 337. The maximum absolute atomic E-state index is 7.36. The highest BCUT2D eigenvalue weighted by atomic mass is 15.0. The summed E-state index contributed by atoms with van der Waals surface area (Å²) in [5, 5.41) is 14.4. The predicted molar refractivity (Wildman–Crippen MR) is 46.4 cm³/mol. The van der Waals surface area contributed by atoms with Gasteiger partial charge in [-0.05, 0) is 5.92 Å². The summed E-state index contributed by atoms with van der Waals surface area (Å²) < 4.78 is 1.43. The molecule has 0 saturated carbocycles. The van der Waals surface area contributed by atoms with Crippen LogP contribution in [0.1, 0.15) is 25.5 Å². The summed E-state index contributed by atoms with van der Waals surface area (Å²) in [6.45, 7) is 4.06. The quantitative estimate of drug-likeness (QED) is 0.496. The minimum absolute atomic E-state index is 0.231. The van der Waals surface area contributed by atoms with Crippen molar-refractivity contribution in [3.05, 3.63) is 23.6 Å². The second-order valence-electron chi connectivity index (χ2n) is 2.89. The zero-order valence-electron chi connectivity index (χ0n) is 7.20. The summed E-state index contributed by atoms with van der Waals surface area (Å²) in [7, 11) is 0. The van der Waals surface area contributed by atoms with Crippen molar-refractivity contribution < 1.29 is 0 Å². The van der Waals surface area contributed by atoms with E-state index in [0.717, 1.165) is 12.0 Å². The van der Waals surface area contributed by atoms with Gasteiger partial charge in [-0.15, -0.1) is 0 Å². The van der Waals surface area contributed by atoms with E-state index >= 15 is 0 Å². The summed E-state index contributed by atoms with van der Waals surface area (Å²) in [5.74, 6) is 0.330. The van der Waals surface area contributed by atoms with Gasteiger partial charge in [-0.2, -0.15) is 0 Å². The molecule has 0 spiro atoms. The van der Waals surface area contributed by atoms with Gasteiger partial charge >= 0.3 is 0 Å². The van der Waals surface area contributed by atoms with Gasteiger partial charge in [0.25, 0.3) is 0 Å². The molecule has 12 heavy (non-hydrogen) atoms. The van der Waals surface area contributed by atoms with Crippen LogP contribution in [0.5, 0.6) is 0 Å². The van der Waals surface area contributed by atoms with Crippen LogP contribution in [-0.4, -0.2) is 15.9 Å². The third-order valence-corrected chi connectivity index (χ3v) is 1.62. The number of hydrogen-bond acceptors (Lipinski definition) is 3. The monoisotopic (exact) mass is 164 g/mol. The molecule has 0 amide bonds. The molecule has 4 heteroatoms. The molecule has 1 rings (SSSR count). The Kier molecular flexibility index (Phi) is 2.38. The summed E-state index contributed by atoms with van der Waals surface area (Å²) in [6, 6.07) is 0. The molecule has 0 aliphatic heterocycles. The van der Waals surface area contributed by atoms with Gasteiger partial charge in [0.2, 0.25) is 0 Å². The summed E-state index contributed by atoms with van der Waals surface area (Å²) in [5.41, 5.74) is 1.13. The lowest BCUT2D eigenvalue weighted by atomic mass is 10.1. The van der Waals surface area contributed by atoms with Crippen LogP contribution in [0.15, 0.2) is 12.4 Å². The van der Waals surface area contributed by atoms with Crippen molar-refractivity contribution in [1.82, 2.24) is 9.55 Å². The van der Waals surface area contributed by atoms with E-state index in [-0.39, 0.29) is 5.49 Å². The average Bonchev–Trinajstić information content (AvgIpc) is 2.05. The van der Waals surface area contributed by atoms with Gasteiger partial charge in [-0.1, -0.05) is 13.8 Å². The van der Waals surface area contributed by atoms with Crippen molar-refractivity contribution >= 4 is 6.34 Å². The van der Waals surface area contributed by atoms with Crippen LogP contribution < -0.4 is 5.49 Å². The highest BCUT2D eigenvalue weighted by molar-refractivity contribution is 5.53. The fourth-order valence-electron chi connectivity index (χ4n) is 0.853. The molecule has 2 N–H and O–H groups in total. The third-order valence-electron chi connectivity index (χ3n) is 1.62. The van der Waals surface area contributed by atoms with Crippen molar-refractivity contribution in [2.75, 3.05) is 0 Å². The molecule has 0 radical (unpaired) electrons. The van der Waals surface area contributed by atoms with Crippen molar-refractivity contribution in [3.63, 3.8) is 0 Å². The lowest BCUT2D eigenvalue weighted by Crippen LogP contribution is -2.20. The topological polar surface area (TPSA) is 65.5 Å². The lowest BCUT2D eigenvalue weighted by Gasteiger charge is -2.05. The van der Waals surface area contributed by atoms with Crippen LogP contribution in [0, 0.1) is 10.8 Å². The van der Waals surface area contributed by atoms with Gasteiger partial charge in [-0.3, -0.25) is 20.4 Å². The smallest absolute Gasteiger partial charge is 0.148 e. The predicted octanol–water partition coefficient (Wildman–Crippen LogP) is 0.941. The minimum Gasteiger partial charge on any atom is -0.291 e. The van der Waals surface area contributed by atoms with Gasteiger partial charge in [-0.25, -0.2) is 0 Å². The summed E-state index contributed by atoms with van der Waals surface area (Å²) in [4.78, 5) is 4.07. The molecule has 0 aliphatic carbocycles. The molecule has 0 bridgehead atoms. The number of rotatable bonds is 2. The average molecular weight is 164 g/mol. The van der Waals surface area contributed by atoms with E-state index in [1.54, 1.807) is 6.20 Å². The van der Waals surface area contributed by atoms with Crippen LogP contribution in [0.4, 0.5) is 0 Å². The number of nitrogens with one attached hydrogen (secondary N) is 2. The zero-order chi connectivity index (χ0) is 9.14. The van der Waals surface area contributed by atoms with Crippen LogP contribution in [0.25, 0.3) is 0 Å². The molecule has 0 atom stereocenters. The van der Waals surface area contributed by atoms with E-state index in [0.29, 0.717) is 5.92 Å². The van der Waals surface area contributed by atoms with Crippen LogP contribution >= 0.6 is 0 Å². The second kappa shape index (κ2) is 3.30. The van der Waals surface area contributed by atoms with E-state index in [9.17, 15) is 0 Å². The maximum Gasteiger partial charge on any atom is 0.148 e. The normalized spacial score (nSPS) is 10.2. The molecular formula is C8H12N4. The fraction of sp³-hybridized carbons (Fsp3) is 0.375. The molecule has 0 saturated heterocycles. The number of hydrogen-bond donors (Lipinski definition) is 2. The van der Waals surface area contributed by atoms with Crippen LogP contribution in [0.3, 0.4) is 0 Å². The van der Waals surface area contributed by atoms with Gasteiger partial charge in [0.15, 0.2) is 0 Å². The Balaban J connectivity index is 3.23. The van der Waals surface area contributed by atoms with Gasteiger partial charge in [0.1, 0.15) is 5.49 Å². The van der Waals surface area contributed by atoms with Crippen molar-refractivity contribution in [1.29, 1.82) is 10.8 Å². The molecular weight excluding hydrogens is 152 g/mol. The van der Waals surface area contributed by atoms with E-state index < -0.39 is 0 Å². The van der Waals surface area contributed by atoms with Gasteiger partial charge in [0, 0.05) is 6.20 Å². The Morgan fingerprint density at radius 3 is 2.75 bits per heavy atom. The largest absolute Gasteiger partial charge is 0.291 e. The maximum atomic E-state index is 7.36. The molecule has 0 aromatic carbocycles. The Labute approximate surface area is 70.9 Å². The van der Waals surface area contributed by atoms with Crippen molar-refractivity contribution in [3.8, 4) is 0 Å². The van der Waals surface area contributed by atoms with E-state index in [4.69, 9.17) is 10.8 Å². The second-order valence-corrected chi connectivity index (χ2v) is 2.89. The summed E-state index contributed by atoms with van der Waals surface area (Å²) >= 11 is 0. The molecule has 1 aromatic heterocycles.